The molecule has 0 aliphatic carbocycles. The summed E-state index contributed by atoms with van der Waals surface area (Å²) in [6.45, 7) is 3.39. The average molecular weight is 774 g/mol. The molecule has 5 aliphatic heterocycles. The molecule has 8 rings (SSSR count). The number of halogens is 1. The first kappa shape index (κ1) is 35.6. The molecule has 0 spiro atoms. The number of carbonyl (C=O) groups excluding carboxylic acids is 3. The lowest BCUT2D eigenvalue weighted by atomic mass is 9.85. The minimum Gasteiger partial charge on any atom is -0.504 e. The number of tetrazole rings is 1. The number of carboxylic acid groups (broad SMARTS) is 1. The molecule has 3 aromatic rings. The van der Waals surface area contributed by atoms with Gasteiger partial charge in [0.2, 0.25) is 11.7 Å². The number of carboxylic acids is 1. The van der Waals surface area contributed by atoms with Gasteiger partial charge in [-0.2, -0.15) is 5.21 Å². The van der Waals surface area contributed by atoms with Gasteiger partial charge in [0.15, 0.2) is 34.2 Å². The number of hydrogen-bond donors (Lipinski definition) is 6. The van der Waals surface area contributed by atoms with Gasteiger partial charge in [0.05, 0.1) is 47.2 Å². The van der Waals surface area contributed by atoms with E-state index >= 15 is 0 Å². The van der Waals surface area contributed by atoms with Crippen LogP contribution < -0.4 is 11.1 Å². The van der Waals surface area contributed by atoms with E-state index in [1.165, 1.54) is 24.6 Å². The number of rotatable bonds is 13. The summed E-state index contributed by atoms with van der Waals surface area (Å²) in [4.78, 5) is 63.5. The Labute approximate surface area is 308 Å². The van der Waals surface area contributed by atoms with Crippen LogP contribution in [0.25, 0.3) is 5.70 Å². The number of thiazole rings is 1. The van der Waals surface area contributed by atoms with E-state index in [9.17, 15) is 34.5 Å². The molecule has 274 valence electrons. The molecule has 2 amide bonds. The molecule has 2 bridgehead atoms. The van der Waals surface area contributed by atoms with E-state index < -0.39 is 52.7 Å². The van der Waals surface area contributed by atoms with Gasteiger partial charge in [0.1, 0.15) is 18.8 Å². The molecule has 7 heterocycles. The minimum absolute atomic E-state index is 0.0728. The number of nitrogens with two attached hydrogens (primary N) is 1. The zero-order valence-corrected chi connectivity index (χ0v) is 29.8. The van der Waals surface area contributed by atoms with Gasteiger partial charge in [-0.25, -0.2) is 9.78 Å². The standard InChI is InChI=1S/C31H33ClN10O8S2/c32-22-16(1-2-20(43)25(22)45)27(46)34-18(30(48)49)11-50-38-23(19-13-52-31(33)35-19)21(44)9-17-28(47)41-24(26-36-39-40-37-26)15(12-51-29(17)41)10-42-6-3-14(4-7-42)5-8-42/h1-2,13-14,17-18,29H,3-12H2,(H6-,33,34,35,36,37,38,39,40,43,44,45,46,48,49)/p+1/t14?,17-,18+,29-,42?/m1/s1. The van der Waals surface area contributed by atoms with Crippen molar-refractivity contribution in [2.75, 3.05) is 44.3 Å². The van der Waals surface area contributed by atoms with Gasteiger partial charge in [0, 0.05) is 23.1 Å². The van der Waals surface area contributed by atoms with Crippen LogP contribution in [0.2, 0.25) is 5.02 Å². The molecule has 0 saturated carbocycles. The second kappa shape index (κ2) is 14.3. The van der Waals surface area contributed by atoms with Gasteiger partial charge in [0.25, 0.3) is 5.91 Å². The number of quaternary nitrogens is 1. The largest absolute Gasteiger partial charge is 0.504 e. The highest BCUT2D eigenvalue weighted by Crippen LogP contribution is 2.48. The Morgan fingerprint density at radius 3 is 2.62 bits per heavy atom. The number of ketones is 1. The fourth-order valence-electron chi connectivity index (χ4n) is 7.24. The first-order valence-corrected chi connectivity index (χ1v) is 18.7. The number of fused-ring (bicyclic) bond motifs is 4. The van der Waals surface area contributed by atoms with Crippen LogP contribution in [0.1, 0.15) is 47.6 Å². The van der Waals surface area contributed by atoms with E-state index in [2.05, 4.69) is 36.1 Å². The number of piperidine rings is 3. The third-order valence-electron chi connectivity index (χ3n) is 10.0. The molecule has 21 heteroatoms. The lowest BCUT2D eigenvalue weighted by Crippen LogP contribution is -2.62. The summed E-state index contributed by atoms with van der Waals surface area (Å²) in [5.74, 6) is -3.59. The van der Waals surface area contributed by atoms with Crippen molar-refractivity contribution in [3.63, 3.8) is 0 Å². The van der Waals surface area contributed by atoms with Gasteiger partial charge < -0.3 is 35.7 Å². The van der Waals surface area contributed by atoms with Gasteiger partial charge in [-0.15, -0.1) is 33.3 Å². The van der Waals surface area contributed by atoms with E-state index in [1.54, 1.807) is 16.7 Å². The highest BCUT2D eigenvalue weighted by Gasteiger charge is 2.54. The zero-order valence-electron chi connectivity index (χ0n) is 27.4. The summed E-state index contributed by atoms with van der Waals surface area (Å²) in [5.41, 5.74) is 7.05. The molecule has 7 N–H and O–H groups in total. The highest BCUT2D eigenvalue weighted by molar-refractivity contribution is 8.00. The number of nitrogens with one attached hydrogen (secondary N) is 2. The Morgan fingerprint density at radius 2 is 1.96 bits per heavy atom. The topological polar surface area (TPSA) is 259 Å². The molecule has 1 aromatic carbocycles. The van der Waals surface area contributed by atoms with Gasteiger partial charge in [-0.05, 0) is 42.5 Å². The van der Waals surface area contributed by atoms with Crippen molar-refractivity contribution >= 4 is 74.8 Å². The summed E-state index contributed by atoms with van der Waals surface area (Å²) in [7, 11) is 0. The van der Waals surface area contributed by atoms with Crippen LogP contribution in [0.4, 0.5) is 5.13 Å². The van der Waals surface area contributed by atoms with E-state index in [4.69, 9.17) is 22.2 Å². The number of anilines is 1. The monoisotopic (exact) mass is 773 g/mol. The summed E-state index contributed by atoms with van der Waals surface area (Å²) in [5, 5.41) is 50.8. The normalized spacial score (nSPS) is 24.6. The van der Waals surface area contributed by atoms with Crippen molar-refractivity contribution in [1.29, 1.82) is 0 Å². The summed E-state index contributed by atoms with van der Waals surface area (Å²) in [6.07, 6.45) is 3.37. The van der Waals surface area contributed by atoms with E-state index in [0.717, 1.165) is 65.6 Å². The fraction of sp³-hybridized carbons (Fsp3) is 0.452. The number of phenols is 2. The van der Waals surface area contributed by atoms with Crippen LogP contribution >= 0.6 is 34.7 Å². The summed E-state index contributed by atoms with van der Waals surface area (Å²) >= 11 is 8.57. The number of H-pyrrole nitrogens is 1. The summed E-state index contributed by atoms with van der Waals surface area (Å²) < 4.78 is 0.986. The number of aromatic nitrogens is 5. The number of oxime groups is 1. The zero-order chi connectivity index (χ0) is 36.7. The Bertz CT molecular complexity index is 1970. The molecule has 4 saturated heterocycles. The van der Waals surface area contributed by atoms with Gasteiger partial charge in [-0.1, -0.05) is 16.8 Å². The van der Waals surface area contributed by atoms with Crippen LogP contribution in [0.15, 0.2) is 28.2 Å². The molecule has 52 heavy (non-hydrogen) atoms. The van der Waals surface area contributed by atoms with Crippen LogP contribution in [-0.2, 0) is 19.2 Å². The predicted molar refractivity (Wildman–Crippen MR) is 187 cm³/mol. The number of aliphatic carboxylic acids is 1. The Kier molecular flexibility index (Phi) is 9.81. The van der Waals surface area contributed by atoms with E-state index in [0.29, 0.717) is 17.3 Å². The fourth-order valence-corrected chi connectivity index (χ4v) is 9.44. The number of hydrogen-bond acceptors (Lipinski definition) is 15. The lowest BCUT2D eigenvalue weighted by molar-refractivity contribution is -0.938. The van der Waals surface area contributed by atoms with Crippen molar-refractivity contribution in [2.24, 2.45) is 17.0 Å². The van der Waals surface area contributed by atoms with Crippen LogP contribution in [-0.4, -0.2) is 130 Å². The third-order valence-corrected chi connectivity index (χ3v) is 12.5. The molecule has 2 aromatic heterocycles. The van der Waals surface area contributed by atoms with Crippen LogP contribution in [0.5, 0.6) is 11.5 Å². The number of benzene rings is 1. The number of nitrogens with zero attached hydrogens (tertiary/aromatic N) is 7. The maximum Gasteiger partial charge on any atom is 0.329 e. The lowest BCUT2D eigenvalue weighted by Gasteiger charge is -2.53. The van der Waals surface area contributed by atoms with Gasteiger partial charge >= 0.3 is 5.97 Å². The SMILES string of the molecule is Nc1nc(/C(=N/OC[C@H](NC(=O)c2ccc(O)c(O)c2Cl)C(=O)O)C(=O)C[C@@H]2C(=O)N3C(c4nn[nH]n4)=C(C[N+]45CCC(CC4)CC5)CS[C@H]23)cs1. The number of amides is 2. The van der Waals surface area contributed by atoms with Crippen molar-refractivity contribution in [3.05, 3.63) is 45.2 Å². The average Bonchev–Trinajstić information content (AvgIpc) is 3.83. The van der Waals surface area contributed by atoms with E-state index in [-0.39, 0.29) is 39.8 Å². The maximum atomic E-state index is 13.8. The molecular weight excluding hydrogens is 740 g/mol. The van der Waals surface area contributed by atoms with Crippen molar-refractivity contribution in [2.45, 2.75) is 37.1 Å². The first-order valence-electron chi connectivity index (χ1n) is 16.4. The smallest absolute Gasteiger partial charge is 0.329 e. The Morgan fingerprint density at radius 1 is 1.21 bits per heavy atom. The number of β-lactam (4-membered cyclic amide) rings is 1. The molecular formula is C31H34ClN10O8S2+. The quantitative estimate of drug-likeness (QED) is 0.0473. The van der Waals surface area contributed by atoms with E-state index in [1.807, 2.05) is 0 Å². The maximum absolute atomic E-state index is 13.8. The molecule has 18 nitrogen and oxygen atoms in total. The van der Waals surface area contributed by atoms with Crippen LogP contribution in [0.3, 0.4) is 0 Å². The minimum atomic E-state index is -1.67. The number of Topliss-reactive ketones (excluding diaryl/α,β-unsaturated/α-hetero) is 1. The molecule has 0 radical (unpaired) electrons. The van der Waals surface area contributed by atoms with Crippen LogP contribution in [0, 0.1) is 11.8 Å². The van der Waals surface area contributed by atoms with Gasteiger partial charge in [-0.3, -0.25) is 19.3 Å². The highest BCUT2D eigenvalue weighted by atomic mass is 35.5. The summed E-state index contributed by atoms with van der Waals surface area (Å²) in [6, 6.07) is 0.443. The third kappa shape index (κ3) is 6.77. The first-order chi connectivity index (χ1) is 24.9. The van der Waals surface area contributed by atoms with Crippen molar-refractivity contribution < 1.29 is 43.8 Å². The van der Waals surface area contributed by atoms with Crippen molar-refractivity contribution in [3.8, 4) is 11.5 Å². The second-order valence-corrected chi connectivity index (χ2v) is 15.6. The number of aromatic amines is 1. The number of aromatic hydroxyl groups is 2. The number of nitrogen functional groups attached to an aromatic ring is 1. The molecule has 3 atom stereocenters. The molecule has 5 aliphatic rings. The van der Waals surface area contributed by atoms with Crippen molar-refractivity contribution in [1.82, 2.24) is 35.8 Å². The predicted octanol–water partition coefficient (Wildman–Crippen LogP) is 1.44. The molecule has 4 fully saturated rings. The molecule has 0 unspecified atom stereocenters. The number of phenolic OH excluding ortho intramolecular Hbond substituents is 2. The number of thioether (sulfide) groups is 1. The second-order valence-electron chi connectivity index (χ2n) is 13.2. The Hall–Kier alpha value is -4.79. The number of carbonyl (C=O) groups is 4. The Balaban J connectivity index is 1.06.